The first-order valence-corrected chi connectivity index (χ1v) is 7.74. The highest BCUT2D eigenvalue weighted by atomic mass is 16.6. The molecule has 3 rings (SSSR count). The number of hydrogen-bond acceptors (Lipinski definition) is 6. The molecule has 1 aromatic heterocycles. The number of aromatic nitrogens is 1. The van der Waals surface area contributed by atoms with E-state index in [1.165, 1.54) is 17.0 Å². The monoisotopic (exact) mass is 334 g/mol. The molecule has 3 heterocycles. The van der Waals surface area contributed by atoms with Gasteiger partial charge in [-0.1, -0.05) is 0 Å². The maximum atomic E-state index is 12.7. The van der Waals surface area contributed by atoms with Crippen LogP contribution in [0.5, 0.6) is 5.75 Å². The lowest BCUT2D eigenvalue weighted by atomic mass is 10.1. The van der Waals surface area contributed by atoms with Gasteiger partial charge in [-0.2, -0.15) is 0 Å². The Kier molecular flexibility index (Phi) is 3.86. The standard InChI is InChI=1S/C15H18N4O5/c1-15(2)14(21)18(9-12(20)17-7-3-4-8-17)13-10(24-15)5-6-11(16-13)19(22)23/h5-6H,3-4,7-9H2,1-2H3. The van der Waals surface area contributed by atoms with Crippen molar-refractivity contribution in [1.82, 2.24) is 9.88 Å². The smallest absolute Gasteiger partial charge is 0.366 e. The SMILES string of the molecule is CC1(C)Oc2ccc([N+](=O)[O-])nc2N(CC(=O)N2CCCC2)C1=O. The molecule has 2 aliphatic heterocycles. The number of hydrogen-bond donors (Lipinski definition) is 0. The van der Waals surface area contributed by atoms with Crippen molar-refractivity contribution in [1.29, 1.82) is 0 Å². The van der Waals surface area contributed by atoms with Gasteiger partial charge in [0.15, 0.2) is 11.4 Å². The molecule has 0 atom stereocenters. The zero-order valence-electron chi connectivity index (χ0n) is 13.5. The van der Waals surface area contributed by atoms with E-state index >= 15 is 0 Å². The van der Waals surface area contributed by atoms with Crippen molar-refractivity contribution < 1.29 is 19.2 Å². The van der Waals surface area contributed by atoms with Crippen molar-refractivity contribution in [3.63, 3.8) is 0 Å². The lowest BCUT2D eigenvalue weighted by molar-refractivity contribution is -0.389. The summed E-state index contributed by atoms with van der Waals surface area (Å²) in [5, 5.41) is 11.0. The fraction of sp³-hybridized carbons (Fsp3) is 0.533. The molecule has 128 valence electrons. The molecule has 1 saturated heterocycles. The molecular weight excluding hydrogens is 316 g/mol. The summed E-state index contributed by atoms with van der Waals surface area (Å²) in [4.78, 5) is 42.2. The molecule has 0 bridgehead atoms. The minimum absolute atomic E-state index is 0.0149. The predicted molar refractivity (Wildman–Crippen MR) is 83.8 cm³/mol. The minimum Gasteiger partial charge on any atom is -0.472 e. The van der Waals surface area contributed by atoms with Crippen molar-refractivity contribution in [3.8, 4) is 5.75 Å². The number of amides is 2. The fourth-order valence-corrected chi connectivity index (χ4v) is 2.89. The van der Waals surface area contributed by atoms with Gasteiger partial charge in [0.2, 0.25) is 5.91 Å². The van der Waals surface area contributed by atoms with Crippen LogP contribution in [-0.2, 0) is 9.59 Å². The van der Waals surface area contributed by atoms with Crippen LogP contribution in [0.2, 0.25) is 0 Å². The zero-order valence-corrected chi connectivity index (χ0v) is 13.5. The maximum absolute atomic E-state index is 12.7. The first-order chi connectivity index (χ1) is 11.3. The number of nitro groups is 1. The number of rotatable bonds is 3. The van der Waals surface area contributed by atoms with Gasteiger partial charge in [0.05, 0.1) is 0 Å². The molecule has 0 spiro atoms. The largest absolute Gasteiger partial charge is 0.472 e. The van der Waals surface area contributed by atoms with Gasteiger partial charge >= 0.3 is 5.82 Å². The van der Waals surface area contributed by atoms with Crippen LogP contribution in [0, 0.1) is 10.1 Å². The Morgan fingerprint density at radius 2 is 2.04 bits per heavy atom. The third-order valence-corrected chi connectivity index (χ3v) is 4.14. The summed E-state index contributed by atoms with van der Waals surface area (Å²) in [5.41, 5.74) is -1.17. The van der Waals surface area contributed by atoms with Crippen LogP contribution >= 0.6 is 0 Å². The lowest BCUT2D eigenvalue weighted by Crippen LogP contribution is -2.55. The Morgan fingerprint density at radius 3 is 2.67 bits per heavy atom. The van der Waals surface area contributed by atoms with Crippen LogP contribution < -0.4 is 9.64 Å². The Morgan fingerprint density at radius 1 is 1.38 bits per heavy atom. The average Bonchev–Trinajstić information content (AvgIpc) is 3.05. The van der Waals surface area contributed by atoms with Gasteiger partial charge in [0, 0.05) is 19.2 Å². The van der Waals surface area contributed by atoms with E-state index in [4.69, 9.17) is 4.74 Å². The number of ether oxygens (including phenoxy) is 1. The van der Waals surface area contributed by atoms with Crippen molar-refractivity contribution in [2.75, 3.05) is 24.5 Å². The molecule has 0 aliphatic carbocycles. The molecule has 0 unspecified atom stereocenters. The van der Waals surface area contributed by atoms with E-state index in [-0.39, 0.29) is 24.0 Å². The third-order valence-electron chi connectivity index (χ3n) is 4.14. The summed E-state index contributed by atoms with van der Waals surface area (Å²) in [7, 11) is 0. The molecule has 1 aromatic rings. The second-order valence-electron chi connectivity index (χ2n) is 6.34. The Bertz CT molecular complexity index is 712. The van der Waals surface area contributed by atoms with Gasteiger partial charge in [-0.15, -0.1) is 0 Å². The van der Waals surface area contributed by atoms with Crippen molar-refractivity contribution in [3.05, 3.63) is 22.2 Å². The molecule has 0 saturated carbocycles. The van der Waals surface area contributed by atoms with E-state index in [0.717, 1.165) is 12.8 Å². The topological polar surface area (TPSA) is 106 Å². The van der Waals surface area contributed by atoms with E-state index in [1.807, 2.05) is 0 Å². The van der Waals surface area contributed by atoms with Gasteiger partial charge in [-0.25, -0.2) is 0 Å². The predicted octanol–water partition coefficient (Wildman–Crippen LogP) is 1.12. The van der Waals surface area contributed by atoms with E-state index in [1.54, 1.807) is 18.7 Å². The minimum atomic E-state index is -1.17. The first kappa shape index (κ1) is 16.2. The summed E-state index contributed by atoms with van der Waals surface area (Å²) in [6.45, 7) is 4.30. The normalized spacial score (nSPS) is 19.0. The van der Waals surface area contributed by atoms with E-state index in [2.05, 4.69) is 4.98 Å². The summed E-state index contributed by atoms with van der Waals surface area (Å²) in [5.74, 6) is -0.780. The molecule has 2 aliphatic rings. The number of anilines is 1. The molecule has 9 heteroatoms. The number of carbonyl (C=O) groups excluding carboxylic acids is 2. The number of nitrogens with zero attached hydrogens (tertiary/aromatic N) is 4. The summed E-state index contributed by atoms with van der Waals surface area (Å²) in [6.07, 6.45) is 1.88. The number of pyridine rings is 1. The van der Waals surface area contributed by atoms with Gasteiger partial charge in [-0.3, -0.25) is 14.5 Å². The number of fused-ring (bicyclic) bond motifs is 1. The lowest BCUT2D eigenvalue weighted by Gasteiger charge is -2.36. The Balaban J connectivity index is 1.96. The van der Waals surface area contributed by atoms with E-state index < -0.39 is 22.2 Å². The number of likely N-dealkylation sites (tertiary alicyclic amines) is 1. The summed E-state index contributed by atoms with van der Waals surface area (Å²) >= 11 is 0. The molecule has 9 nitrogen and oxygen atoms in total. The highest BCUT2D eigenvalue weighted by Gasteiger charge is 2.45. The van der Waals surface area contributed by atoms with Gasteiger partial charge in [0.1, 0.15) is 6.54 Å². The zero-order chi connectivity index (χ0) is 17.5. The summed E-state index contributed by atoms with van der Waals surface area (Å²) in [6, 6.07) is 2.62. The summed E-state index contributed by atoms with van der Waals surface area (Å²) < 4.78 is 5.60. The molecular formula is C15H18N4O5. The molecule has 0 N–H and O–H groups in total. The van der Waals surface area contributed by atoms with Crippen molar-refractivity contribution >= 4 is 23.5 Å². The van der Waals surface area contributed by atoms with Crippen LogP contribution in [0.25, 0.3) is 0 Å². The molecule has 2 amide bonds. The molecule has 0 radical (unpaired) electrons. The second kappa shape index (κ2) is 5.73. The van der Waals surface area contributed by atoms with Crippen LogP contribution in [-0.4, -0.2) is 51.9 Å². The molecule has 24 heavy (non-hydrogen) atoms. The first-order valence-electron chi connectivity index (χ1n) is 7.74. The Hall–Kier alpha value is -2.71. The van der Waals surface area contributed by atoms with Crippen molar-refractivity contribution in [2.24, 2.45) is 0 Å². The van der Waals surface area contributed by atoms with Gasteiger partial charge in [0.25, 0.3) is 11.7 Å². The number of carbonyl (C=O) groups is 2. The average molecular weight is 334 g/mol. The van der Waals surface area contributed by atoms with Gasteiger partial charge < -0.3 is 19.8 Å². The van der Waals surface area contributed by atoms with Crippen LogP contribution in [0.1, 0.15) is 26.7 Å². The Labute approximate surface area is 138 Å². The van der Waals surface area contributed by atoms with E-state index in [9.17, 15) is 19.7 Å². The van der Waals surface area contributed by atoms with E-state index in [0.29, 0.717) is 13.1 Å². The highest BCUT2D eigenvalue weighted by Crippen LogP contribution is 2.37. The second-order valence-corrected chi connectivity index (χ2v) is 6.34. The highest BCUT2D eigenvalue weighted by molar-refractivity contribution is 6.05. The molecule has 1 fully saturated rings. The van der Waals surface area contributed by atoms with Crippen LogP contribution in [0.15, 0.2) is 12.1 Å². The third kappa shape index (κ3) is 2.77. The quantitative estimate of drug-likeness (QED) is 0.606. The van der Waals surface area contributed by atoms with Crippen LogP contribution in [0.3, 0.4) is 0 Å². The van der Waals surface area contributed by atoms with Gasteiger partial charge in [-0.05, 0) is 42.7 Å². The van der Waals surface area contributed by atoms with Crippen molar-refractivity contribution in [2.45, 2.75) is 32.3 Å². The molecule has 0 aromatic carbocycles. The fourth-order valence-electron chi connectivity index (χ4n) is 2.89. The van der Waals surface area contributed by atoms with Crippen LogP contribution in [0.4, 0.5) is 11.6 Å². The maximum Gasteiger partial charge on any atom is 0.366 e.